The monoisotopic (exact) mass is 254 g/mol. The molecule has 0 radical (unpaired) electrons. The van der Waals surface area contributed by atoms with E-state index in [9.17, 15) is 4.79 Å². The van der Waals surface area contributed by atoms with E-state index >= 15 is 0 Å². The van der Waals surface area contributed by atoms with Gasteiger partial charge in [-0.2, -0.15) is 0 Å². The number of hydrogen-bond acceptors (Lipinski definition) is 5. The van der Waals surface area contributed by atoms with Gasteiger partial charge in [-0.25, -0.2) is 0 Å². The molecule has 0 aliphatic carbocycles. The fourth-order valence-corrected chi connectivity index (χ4v) is 1.18. The van der Waals surface area contributed by atoms with Gasteiger partial charge in [0.15, 0.2) is 6.79 Å². The van der Waals surface area contributed by atoms with E-state index in [1.165, 1.54) is 6.92 Å². The predicted octanol–water partition coefficient (Wildman–Crippen LogP) is 1.75. The molecule has 0 saturated heterocycles. The van der Waals surface area contributed by atoms with E-state index in [0.717, 1.165) is 5.56 Å². The van der Waals surface area contributed by atoms with Gasteiger partial charge >= 0.3 is 5.97 Å². The van der Waals surface area contributed by atoms with Crippen molar-refractivity contribution in [3.8, 4) is 5.75 Å². The zero-order valence-electron chi connectivity index (χ0n) is 10.7. The van der Waals surface area contributed by atoms with E-state index in [2.05, 4.69) is 0 Å². The van der Waals surface area contributed by atoms with Gasteiger partial charge in [-0.3, -0.25) is 4.79 Å². The van der Waals surface area contributed by atoms with Crippen molar-refractivity contribution in [3.05, 3.63) is 29.8 Å². The van der Waals surface area contributed by atoms with Gasteiger partial charge in [0, 0.05) is 14.0 Å². The summed E-state index contributed by atoms with van der Waals surface area (Å²) < 4.78 is 20.2. The summed E-state index contributed by atoms with van der Waals surface area (Å²) in [5.74, 6) is 0.417. The number of rotatable bonds is 8. The fourth-order valence-electron chi connectivity index (χ4n) is 1.18. The Kier molecular flexibility index (Phi) is 6.83. The average molecular weight is 254 g/mol. The topological polar surface area (TPSA) is 54.0 Å². The van der Waals surface area contributed by atoms with Gasteiger partial charge in [-0.1, -0.05) is 12.1 Å². The van der Waals surface area contributed by atoms with Crippen LogP contribution >= 0.6 is 0 Å². The maximum absolute atomic E-state index is 10.6. The molecule has 0 heterocycles. The molecule has 0 aliphatic heterocycles. The number of carbonyl (C=O) groups is 1. The van der Waals surface area contributed by atoms with E-state index < -0.39 is 0 Å². The average Bonchev–Trinajstić information content (AvgIpc) is 2.37. The van der Waals surface area contributed by atoms with Crippen molar-refractivity contribution in [1.29, 1.82) is 0 Å². The summed E-state index contributed by atoms with van der Waals surface area (Å²) >= 11 is 0. The molecule has 0 aliphatic rings. The third kappa shape index (κ3) is 6.22. The molecule has 1 aromatic rings. The minimum atomic E-state index is -0.290. The largest absolute Gasteiger partial charge is 0.468 e. The minimum Gasteiger partial charge on any atom is -0.468 e. The first-order valence-electron chi connectivity index (χ1n) is 5.64. The summed E-state index contributed by atoms with van der Waals surface area (Å²) in [7, 11) is 1.62. The van der Waals surface area contributed by atoms with Gasteiger partial charge in [0.05, 0.1) is 13.2 Å². The Balaban J connectivity index is 2.25. The molecular weight excluding hydrogens is 236 g/mol. The van der Waals surface area contributed by atoms with E-state index in [0.29, 0.717) is 19.0 Å². The van der Waals surface area contributed by atoms with Crippen molar-refractivity contribution in [2.24, 2.45) is 0 Å². The van der Waals surface area contributed by atoms with Crippen molar-refractivity contribution in [3.63, 3.8) is 0 Å². The lowest BCUT2D eigenvalue weighted by atomic mass is 10.2. The summed E-state index contributed by atoms with van der Waals surface area (Å²) in [5, 5.41) is 0. The van der Waals surface area contributed by atoms with Crippen LogP contribution in [0.3, 0.4) is 0 Å². The molecule has 0 aromatic heterocycles. The fraction of sp³-hybridized carbons (Fsp3) is 0.462. The van der Waals surface area contributed by atoms with Crippen molar-refractivity contribution in [2.45, 2.75) is 13.5 Å². The Labute approximate surface area is 107 Å². The molecule has 18 heavy (non-hydrogen) atoms. The number of carbonyl (C=O) groups excluding carboxylic acids is 1. The van der Waals surface area contributed by atoms with Crippen LogP contribution in [0.4, 0.5) is 0 Å². The smallest absolute Gasteiger partial charge is 0.302 e. The van der Waals surface area contributed by atoms with E-state index in [4.69, 9.17) is 18.9 Å². The van der Waals surface area contributed by atoms with Gasteiger partial charge in [0.2, 0.25) is 0 Å². The van der Waals surface area contributed by atoms with Crippen molar-refractivity contribution in [2.75, 3.05) is 27.1 Å². The van der Waals surface area contributed by atoms with Gasteiger partial charge in [-0.15, -0.1) is 0 Å². The Morgan fingerprint density at radius 2 is 1.89 bits per heavy atom. The second kappa shape index (κ2) is 8.49. The Morgan fingerprint density at radius 1 is 1.17 bits per heavy atom. The zero-order valence-corrected chi connectivity index (χ0v) is 10.7. The highest BCUT2D eigenvalue weighted by molar-refractivity contribution is 5.65. The third-order valence-corrected chi connectivity index (χ3v) is 2.11. The van der Waals surface area contributed by atoms with Crippen LogP contribution in [0, 0.1) is 0 Å². The zero-order chi connectivity index (χ0) is 13.2. The highest BCUT2D eigenvalue weighted by Gasteiger charge is 1.98. The highest BCUT2D eigenvalue weighted by Crippen LogP contribution is 2.12. The lowest BCUT2D eigenvalue weighted by Crippen LogP contribution is -2.07. The van der Waals surface area contributed by atoms with E-state index in [1.54, 1.807) is 19.2 Å². The minimum absolute atomic E-state index is 0.187. The first kappa shape index (κ1) is 14.5. The van der Waals surface area contributed by atoms with E-state index in [1.807, 2.05) is 12.1 Å². The number of esters is 1. The number of ether oxygens (including phenoxy) is 4. The molecule has 0 amide bonds. The molecule has 1 rings (SSSR count). The number of benzene rings is 1. The first-order valence-corrected chi connectivity index (χ1v) is 5.64. The summed E-state index contributed by atoms with van der Waals surface area (Å²) in [5.41, 5.74) is 0.915. The lowest BCUT2D eigenvalue weighted by Gasteiger charge is -2.07. The van der Waals surface area contributed by atoms with Gasteiger partial charge in [0.25, 0.3) is 0 Å². The van der Waals surface area contributed by atoms with E-state index in [-0.39, 0.29) is 19.4 Å². The Morgan fingerprint density at radius 3 is 2.50 bits per heavy atom. The molecule has 5 nitrogen and oxygen atoms in total. The first-order chi connectivity index (χ1) is 8.72. The summed E-state index contributed by atoms with van der Waals surface area (Å²) in [4.78, 5) is 10.6. The van der Waals surface area contributed by atoms with Crippen LogP contribution in [-0.2, 0) is 25.6 Å². The quantitative estimate of drug-likeness (QED) is 0.402. The molecule has 0 fully saturated rings. The maximum atomic E-state index is 10.6. The maximum Gasteiger partial charge on any atom is 0.302 e. The summed E-state index contributed by atoms with van der Waals surface area (Å²) in [6.07, 6.45) is 0. The van der Waals surface area contributed by atoms with Crippen LogP contribution in [0.5, 0.6) is 5.75 Å². The highest BCUT2D eigenvalue weighted by atomic mass is 16.7. The van der Waals surface area contributed by atoms with Gasteiger partial charge in [-0.05, 0) is 17.7 Å². The molecule has 0 bridgehead atoms. The Bertz CT molecular complexity index is 347. The van der Waals surface area contributed by atoms with Crippen LogP contribution in [0.2, 0.25) is 0 Å². The number of methoxy groups -OCH3 is 1. The molecule has 0 atom stereocenters. The van der Waals surface area contributed by atoms with Crippen molar-refractivity contribution in [1.82, 2.24) is 0 Å². The van der Waals surface area contributed by atoms with Crippen molar-refractivity contribution >= 4 is 5.97 Å². The van der Waals surface area contributed by atoms with Crippen LogP contribution in [0.15, 0.2) is 24.3 Å². The van der Waals surface area contributed by atoms with Crippen LogP contribution in [0.25, 0.3) is 0 Å². The Hall–Kier alpha value is -1.59. The van der Waals surface area contributed by atoms with Crippen LogP contribution < -0.4 is 4.74 Å². The van der Waals surface area contributed by atoms with Crippen LogP contribution in [-0.4, -0.2) is 33.1 Å². The summed E-state index contributed by atoms with van der Waals surface area (Å²) in [6.45, 7) is 2.90. The standard InChI is InChI=1S/C13H18O5/c1-11(14)17-9-12-3-5-13(6-4-12)18-10-16-8-7-15-2/h3-6H,7-10H2,1-2H3. The molecule has 0 N–H and O–H groups in total. The lowest BCUT2D eigenvalue weighted by molar-refractivity contribution is -0.142. The molecule has 0 unspecified atom stereocenters. The second-order valence-electron chi connectivity index (χ2n) is 3.59. The molecule has 0 saturated carbocycles. The van der Waals surface area contributed by atoms with Crippen molar-refractivity contribution < 1.29 is 23.7 Å². The van der Waals surface area contributed by atoms with Crippen LogP contribution in [0.1, 0.15) is 12.5 Å². The normalized spacial score (nSPS) is 10.1. The molecule has 0 spiro atoms. The molecule has 5 heteroatoms. The number of hydrogen-bond donors (Lipinski definition) is 0. The SMILES string of the molecule is COCCOCOc1ccc(COC(C)=O)cc1. The van der Waals surface area contributed by atoms with Gasteiger partial charge < -0.3 is 18.9 Å². The molecule has 1 aromatic carbocycles. The summed E-state index contributed by atoms with van der Waals surface area (Å²) in [6, 6.07) is 7.29. The third-order valence-electron chi connectivity index (χ3n) is 2.11. The molecular formula is C13H18O5. The second-order valence-corrected chi connectivity index (χ2v) is 3.59. The molecule has 100 valence electrons. The predicted molar refractivity (Wildman–Crippen MR) is 65.2 cm³/mol. The van der Waals surface area contributed by atoms with Gasteiger partial charge in [0.1, 0.15) is 12.4 Å².